The summed E-state index contributed by atoms with van der Waals surface area (Å²) < 4.78 is -0.0773. The van der Waals surface area contributed by atoms with Gasteiger partial charge in [0.25, 0.3) is 0 Å². The van der Waals surface area contributed by atoms with Crippen LogP contribution in [-0.2, 0) is 35.2 Å². The van der Waals surface area contributed by atoms with Gasteiger partial charge in [0.1, 0.15) is 0 Å². The quantitative estimate of drug-likeness (QED) is 0.132. The topological polar surface area (TPSA) is 221 Å². The third kappa shape index (κ3) is 10.8. The number of nitrogens with two attached hydrogens (primary N) is 3. The summed E-state index contributed by atoms with van der Waals surface area (Å²) in [6.45, 7) is -0.383. The minimum absolute atomic E-state index is 0.0131. The Balaban J connectivity index is 3.04. The molecule has 0 fully saturated rings. The summed E-state index contributed by atoms with van der Waals surface area (Å²) in [4.78, 5) is 77.1. The van der Waals surface area contributed by atoms with E-state index in [1.165, 1.54) is 19.4 Å². The van der Waals surface area contributed by atoms with Crippen molar-refractivity contribution in [2.24, 2.45) is 17.2 Å². The van der Waals surface area contributed by atoms with Crippen molar-refractivity contribution < 1.29 is 28.8 Å². The Morgan fingerprint density at radius 1 is 1.06 bits per heavy atom. The predicted octanol–water partition coefficient (Wildman–Crippen LogP) is -3.78. The van der Waals surface area contributed by atoms with Crippen molar-refractivity contribution in [2.45, 2.75) is 43.8 Å². The summed E-state index contributed by atoms with van der Waals surface area (Å²) >= 11 is 0.735. The fourth-order valence-corrected chi connectivity index (χ4v) is 3.36. The van der Waals surface area contributed by atoms with Crippen LogP contribution in [0.5, 0.6) is 0 Å². The van der Waals surface area contributed by atoms with Gasteiger partial charge in [0.15, 0.2) is 0 Å². The van der Waals surface area contributed by atoms with Gasteiger partial charge in [-0.15, -0.1) is 0 Å². The summed E-state index contributed by atoms with van der Waals surface area (Å²) in [7, 11) is 1.34. The molecule has 0 aromatic carbocycles. The molecule has 0 unspecified atom stereocenters. The van der Waals surface area contributed by atoms with Crippen LogP contribution < -0.4 is 27.8 Å². The zero-order chi connectivity index (χ0) is 25.8. The Morgan fingerprint density at radius 3 is 2.24 bits per heavy atom. The number of amides is 5. The van der Waals surface area contributed by atoms with Crippen molar-refractivity contribution >= 4 is 58.0 Å². The number of aromatic nitrogens is 1. The Bertz CT molecular complexity index is 914. The molecule has 13 nitrogen and oxygen atoms in total. The molecule has 0 bridgehead atoms. The molecule has 34 heavy (non-hydrogen) atoms. The number of hydrogen-bond donors (Lipinski definition) is 5. The van der Waals surface area contributed by atoms with E-state index in [1.807, 2.05) is 0 Å². The van der Waals surface area contributed by atoms with Crippen molar-refractivity contribution in [3.63, 3.8) is 0 Å². The number of pyridine rings is 1. The van der Waals surface area contributed by atoms with Gasteiger partial charge in [-0.3, -0.25) is 9.78 Å². The van der Waals surface area contributed by atoms with Crippen molar-refractivity contribution in [2.75, 3.05) is 13.6 Å². The first-order chi connectivity index (χ1) is 15.9. The van der Waals surface area contributed by atoms with Gasteiger partial charge in [-0.1, -0.05) is 6.07 Å². The van der Waals surface area contributed by atoms with Gasteiger partial charge >= 0.3 is 152 Å². The third-order valence-electron chi connectivity index (χ3n) is 4.58. The van der Waals surface area contributed by atoms with E-state index in [4.69, 9.17) is 17.2 Å². The Morgan fingerprint density at radius 2 is 1.71 bits per heavy atom. The fourth-order valence-electron chi connectivity index (χ4n) is 2.90. The molecule has 0 aliphatic rings. The van der Waals surface area contributed by atoms with E-state index >= 15 is 0 Å². The summed E-state index contributed by atoms with van der Waals surface area (Å²) in [5.74, 6) is -3.85. The molecule has 0 saturated carbocycles. The van der Waals surface area contributed by atoms with Crippen LogP contribution in [-0.4, -0.2) is 99.6 Å². The van der Waals surface area contributed by atoms with E-state index < -0.39 is 54.1 Å². The number of rotatable bonds is 14. The van der Waals surface area contributed by atoms with E-state index in [0.717, 1.165) is 30.0 Å². The number of nitrogens with zero attached hydrogens (tertiary/aromatic N) is 2. The molecular weight excluding hydrogens is 643 g/mol. The standard InChI is InChI=1S/C20H28N7O6.Po/c1-27(11-17(23)30)20(33)15(8-12-4-2-6-24-10-12)26-19(32)14(9-16(22)29)25-18(31)13(21)5-3-7-28;/h2,4,6,10,13-15H,3,5,8-9,11,21H2,1H3,(H2,22,29)(H2,23,30)(H,25,31)(H,26,32);/t13-,14-,15-;/m0./s1. The number of nitrogens with one attached hydrogen (secondary N) is 2. The molecule has 1 aromatic heterocycles. The van der Waals surface area contributed by atoms with E-state index in [2.05, 4.69) is 15.6 Å². The Labute approximate surface area is 211 Å². The second-order valence-corrected chi connectivity index (χ2v) is 9.31. The minimum atomic E-state index is -1.41. The zero-order valence-electron chi connectivity index (χ0n) is 18.6. The molecular formula is C20H28N7O6Po. The average molecular weight is 671 g/mol. The van der Waals surface area contributed by atoms with Gasteiger partial charge in [-0.2, -0.15) is 0 Å². The number of carbonyl (C=O) groups is 6. The Hall–Kier alpha value is -2.97. The van der Waals surface area contributed by atoms with E-state index in [1.54, 1.807) is 12.1 Å². The molecule has 185 valence electrons. The molecule has 5 amide bonds. The SMILES string of the molecule is CN(CC(N)=O)C(=O)[C@H](Cc1cccnc1)NC(=O)[C@H](CC(N)=O)NC(=O)[C@@H](N)CC[C](=O)[Po]. The van der Waals surface area contributed by atoms with Gasteiger partial charge in [-0.25, -0.2) is 0 Å². The number of primary amides is 2. The number of carbonyl (C=O) groups excluding carboxylic acids is 6. The van der Waals surface area contributed by atoms with Gasteiger partial charge < -0.3 is 5.73 Å². The third-order valence-corrected chi connectivity index (χ3v) is 5.37. The van der Waals surface area contributed by atoms with E-state index in [-0.39, 0.29) is 29.2 Å². The van der Waals surface area contributed by atoms with Crippen LogP contribution in [0.25, 0.3) is 0 Å². The Kier molecular flexibility index (Phi) is 12.2. The molecule has 1 aromatic rings. The normalized spacial score (nSPS) is 13.1. The molecule has 1 rings (SSSR count). The second-order valence-electron chi connectivity index (χ2n) is 7.54. The molecule has 0 saturated heterocycles. The van der Waals surface area contributed by atoms with Crippen LogP contribution in [0.4, 0.5) is 0 Å². The fraction of sp³-hybridized carbons (Fsp3) is 0.450. The van der Waals surface area contributed by atoms with Crippen LogP contribution in [0.2, 0.25) is 0 Å². The van der Waals surface area contributed by atoms with Gasteiger partial charge in [0.05, 0.1) is 6.54 Å². The van der Waals surface area contributed by atoms with Crippen molar-refractivity contribution in [3.05, 3.63) is 30.1 Å². The number of likely N-dealkylation sites (N-methyl/N-ethyl adjacent to an activating group) is 1. The molecule has 8 N–H and O–H groups in total. The zero-order valence-corrected chi connectivity index (χ0v) is 21.7. The maximum atomic E-state index is 12.9. The first kappa shape index (κ1) is 29.1. The van der Waals surface area contributed by atoms with Crippen LogP contribution in [0, 0.1) is 0 Å². The molecule has 0 spiro atoms. The van der Waals surface area contributed by atoms with Crippen LogP contribution >= 0.6 is 0 Å². The van der Waals surface area contributed by atoms with Gasteiger partial charge in [-0.05, 0) is 6.07 Å². The first-order valence-electron chi connectivity index (χ1n) is 10.2. The van der Waals surface area contributed by atoms with Crippen molar-refractivity contribution in [1.29, 1.82) is 0 Å². The summed E-state index contributed by atoms with van der Waals surface area (Å²) in [5, 5.41) is 4.84. The predicted molar refractivity (Wildman–Crippen MR) is 120 cm³/mol. The van der Waals surface area contributed by atoms with Crippen molar-refractivity contribution in [3.8, 4) is 0 Å². The average Bonchev–Trinajstić information content (AvgIpc) is 2.75. The number of hydrogen-bond acceptors (Lipinski definition) is 8. The molecule has 0 aliphatic heterocycles. The molecule has 14 heteroatoms. The molecule has 0 aliphatic carbocycles. The van der Waals surface area contributed by atoms with E-state index in [9.17, 15) is 28.8 Å². The van der Waals surface area contributed by atoms with Gasteiger partial charge in [0, 0.05) is 19.4 Å². The first-order valence-corrected chi connectivity index (χ1v) is 11.8. The molecule has 1 radical (unpaired) electrons. The van der Waals surface area contributed by atoms with Crippen LogP contribution in [0.3, 0.4) is 0 Å². The van der Waals surface area contributed by atoms with Gasteiger partial charge in [0.2, 0.25) is 5.91 Å². The molecule has 1 heterocycles. The van der Waals surface area contributed by atoms with Crippen molar-refractivity contribution in [1.82, 2.24) is 20.5 Å². The van der Waals surface area contributed by atoms with Crippen LogP contribution in [0.15, 0.2) is 24.5 Å². The summed E-state index contributed by atoms with van der Waals surface area (Å²) in [6.07, 6.45) is 2.67. The second kappa shape index (κ2) is 14.3. The van der Waals surface area contributed by atoms with Crippen LogP contribution in [0.1, 0.15) is 24.8 Å². The molecule has 3 atom stereocenters. The van der Waals surface area contributed by atoms with E-state index in [0.29, 0.717) is 5.56 Å². The monoisotopic (exact) mass is 671 g/mol. The summed E-state index contributed by atoms with van der Waals surface area (Å²) in [5.41, 5.74) is 16.8. The maximum absolute atomic E-state index is 12.9. The summed E-state index contributed by atoms with van der Waals surface area (Å²) in [6, 6.07) is -0.328.